The van der Waals surface area contributed by atoms with Crippen LogP contribution in [-0.4, -0.2) is 35.0 Å². The van der Waals surface area contributed by atoms with Crippen molar-refractivity contribution in [3.05, 3.63) is 0 Å². The summed E-state index contributed by atoms with van der Waals surface area (Å²) in [4.78, 5) is 25.6. The Morgan fingerprint density at radius 3 is 2.14 bits per heavy atom. The van der Waals surface area contributed by atoms with E-state index in [9.17, 15) is 9.59 Å². The fourth-order valence-electron chi connectivity index (χ4n) is 4.70. The smallest absolute Gasteiger partial charge is 0.306 e. The predicted molar refractivity (Wildman–Crippen MR) is 79.7 cm³/mol. The summed E-state index contributed by atoms with van der Waals surface area (Å²) in [5, 5.41) is 9.04. The molecule has 0 aromatic rings. The van der Waals surface area contributed by atoms with Crippen LogP contribution in [0.5, 0.6) is 0 Å². The summed E-state index contributed by atoms with van der Waals surface area (Å²) < 4.78 is 0. The Balaban J connectivity index is 1.53. The largest absolute Gasteiger partial charge is 0.481 e. The molecule has 0 spiro atoms. The highest BCUT2D eigenvalue weighted by Gasteiger charge is 2.37. The first-order valence-corrected chi connectivity index (χ1v) is 8.66. The summed E-state index contributed by atoms with van der Waals surface area (Å²) in [6, 6.07) is 0. The van der Waals surface area contributed by atoms with Crippen LogP contribution in [0.25, 0.3) is 0 Å². The van der Waals surface area contributed by atoms with Crippen LogP contribution in [0.1, 0.15) is 57.8 Å². The van der Waals surface area contributed by atoms with Crippen LogP contribution < -0.4 is 0 Å². The summed E-state index contributed by atoms with van der Waals surface area (Å²) in [5.41, 5.74) is 0. The van der Waals surface area contributed by atoms with E-state index in [0.29, 0.717) is 31.8 Å². The second kappa shape index (κ2) is 6.37. The van der Waals surface area contributed by atoms with E-state index in [1.165, 1.54) is 32.1 Å². The fraction of sp³-hybridized carbons (Fsp3) is 0.882. The molecule has 0 aromatic carbocycles. The Labute approximate surface area is 126 Å². The molecule has 3 unspecified atom stereocenters. The number of hydrogen-bond donors (Lipinski definition) is 1. The average molecular weight is 293 g/mol. The molecule has 1 aliphatic heterocycles. The van der Waals surface area contributed by atoms with E-state index >= 15 is 0 Å². The minimum Gasteiger partial charge on any atom is -0.481 e. The lowest BCUT2D eigenvalue weighted by Crippen LogP contribution is -2.45. The summed E-state index contributed by atoms with van der Waals surface area (Å²) in [6.07, 6.45) is 10.0. The number of aliphatic carboxylic acids is 1. The number of fused-ring (bicyclic) bond motifs is 1. The number of carboxylic acid groups (broad SMARTS) is 1. The molecule has 3 atom stereocenters. The van der Waals surface area contributed by atoms with Crippen LogP contribution in [-0.2, 0) is 9.59 Å². The fourth-order valence-corrected chi connectivity index (χ4v) is 4.70. The van der Waals surface area contributed by atoms with Crippen LogP contribution in [0.15, 0.2) is 0 Å². The third-order valence-corrected chi connectivity index (χ3v) is 6.04. The van der Waals surface area contributed by atoms with E-state index in [1.54, 1.807) is 0 Å². The molecule has 2 saturated carbocycles. The van der Waals surface area contributed by atoms with Crippen LogP contribution in [0.3, 0.4) is 0 Å². The van der Waals surface area contributed by atoms with Gasteiger partial charge in [0.15, 0.2) is 0 Å². The third kappa shape index (κ3) is 3.24. The zero-order valence-electron chi connectivity index (χ0n) is 12.8. The molecule has 1 N–H and O–H groups in total. The molecule has 1 saturated heterocycles. The third-order valence-electron chi connectivity index (χ3n) is 6.04. The molecular weight excluding hydrogens is 266 g/mol. The summed E-state index contributed by atoms with van der Waals surface area (Å²) in [7, 11) is 0. The number of carbonyl (C=O) groups excluding carboxylic acids is 1. The van der Waals surface area contributed by atoms with Crippen molar-refractivity contribution in [1.29, 1.82) is 0 Å². The van der Waals surface area contributed by atoms with Crippen LogP contribution in [0.2, 0.25) is 0 Å². The van der Waals surface area contributed by atoms with E-state index in [4.69, 9.17) is 5.11 Å². The van der Waals surface area contributed by atoms with Gasteiger partial charge in [0.05, 0.1) is 5.92 Å². The van der Waals surface area contributed by atoms with Crippen molar-refractivity contribution in [3.8, 4) is 0 Å². The molecule has 21 heavy (non-hydrogen) atoms. The van der Waals surface area contributed by atoms with Crippen LogP contribution in [0, 0.1) is 23.7 Å². The molecule has 0 bridgehead atoms. The van der Waals surface area contributed by atoms with Gasteiger partial charge in [-0.05, 0) is 43.9 Å². The number of nitrogens with zero attached hydrogens (tertiary/aromatic N) is 1. The summed E-state index contributed by atoms with van der Waals surface area (Å²) >= 11 is 0. The first kappa shape index (κ1) is 14.9. The quantitative estimate of drug-likeness (QED) is 0.851. The van der Waals surface area contributed by atoms with Crippen molar-refractivity contribution in [1.82, 2.24) is 4.90 Å². The number of hydrogen-bond acceptors (Lipinski definition) is 2. The molecule has 3 rings (SSSR count). The number of carboxylic acids is 1. The molecule has 3 fully saturated rings. The van der Waals surface area contributed by atoms with Gasteiger partial charge in [0.2, 0.25) is 5.91 Å². The van der Waals surface area contributed by atoms with Gasteiger partial charge < -0.3 is 10.0 Å². The van der Waals surface area contributed by atoms with E-state index < -0.39 is 5.97 Å². The van der Waals surface area contributed by atoms with Crippen molar-refractivity contribution in [2.75, 3.05) is 13.1 Å². The lowest BCUT2D eigenvalue weighted by atomic mass is 9.67. The van der Waals surface area contributed by atoms with E-state index in [0.717, 1.165) is 24.7 Å². The zero-order valence-corrected chi connectivity index (χ0v) is 12.8. The molecule has 3 aliphatic rings. The standard InChI is InChI=1S/C17H27NO3/c19-16(18-9-7-13(8-10-18)17(20)21)15-6-5-12-3-1-2-4-14(12)11-15/h12-15H,1-11H2,(H,20,21). The highest BCUT2D eigenvalue weighted by atomic mass is 16.4. The van der Waals surface area contributed by atoms with E-state index in [-0.39, 0.29) is 11.8 Å². The average Bonchev–Trinajstić information content (AvgIpc) is 2.54. The van der Waals surface area contributed by atoms with Crippen LogP contribution >= 0.6 is 0 Å². The molecular formula is C17H27NO3. The Kier molecular flexibility index (Phi) is 4.51. The number of amides is 1. The zero-order chi connectivity index (χ0) is 14.8. The molecule has 118 valence electrons. The van der Waals surface area contributed by atoms with Crippen molar-refractivity contribution < 1.29 is 14.7 Å². The first-order valence-electron chi connectivity index (χ1n) is 8.66. The van der Waals surface area contributed by atoms with Gasteiger partial charge in [-0.25, -0.2) is 0 Å². The molecule has 4 heteroatoms. The second-order valence-corrected chi connectivity index (χ2v) is 7.25. The highest BCUT2D eigenvalue weighted by molar-refractivity contribution is 5.79. The maximum Gasteiger partial charge on any atom is 0.306 e. The number of rotatable bonds is 2. The number of carbonyl (C=O) groups is 2. The SMILES string of the molecule is O=C(O)C1CCN(C(=O)C2CCC3CCCCC3C2)CC1. The molecule has 4 nitrogen and oxygen atoms in total. The van der Waals surface area contributed by atoms with Gasteiger partial charge in [0.1, 0.15) is 0 Å². The van der Waals surface area contributed by atoms with Gasteiger partial charge in [-0.2, -0.15) is 0 Å². The Morgan fingerprint density at radius 1 is 0.810 bits per heavy atom. The normalized spacial score (nSPS) is 34.3. The Morgan fingerprint density at radius 2 is 1.48 bits per heavy atom. The molecule has 1 heterocycles. The van der Waals surface area contributed by atoms with Crippen LogP contribution in [0.4, 0.5) is 0 Å². The number of piperidine rings is 1. The van der Waals surface area contributed by atoms with Crippen molar-refractivity contribution in [2.24, 2.45) is 23.7 Å². The Hall–Kier alpha value is -1.06. The van der Waals surface area contributed by atoms with Crippen molar-refractivity contribution >= 4 is 11.9 Å². The first-order chi connectivity index (χ1) is 10.1. The topological polar surface area (TPSA) is 57.6 Å². The summed E-state index contributed by atoms with van der Waals surface area (Å²) in [5.74, 6) is 1.22. The van der Waals surface area contributed by atoms with Gasteiger partial charge in [0.25, 0.3) is 0 Å². The monoisotopic (exact) mass is 293 g/mol. The minimum atomic E-state index is -0.704. The van der Waals surface area contributed by atoms with Gasteiger partial charge in [-0.15, -0.1) is 0 Å². The predicted octanol–water partition coefficient (Wildman–Crippen LogP) is 2.92. The van der Waals surface area contributed by atoms with Gasteiger partial charge >= 0.3 is 5.97 Å². The second-order valence-electron chi connectivity index (χ2n) is 7.25. The molecule has 0 aromatic heterocycles. The maximum absolute atomic E-state index is 12.7. The lowest BCUT2D eigenvalue weighted by Gasteiger charge is -2.41. The van der Waals surface area contributed by atoms with E-state index in [2.05, 4.69) is 0 Å². The molecule has 1 amide bonds. The molecule has 0 radical (unpaired) electrons. The van der Waals surface area contributed by atoms with Crippen molar-refractivity contribution in [3.63, 3.8) is 0 Å². The summed E-state index contributed by atoms with van der Waals surface area (Å²) in [6.45, 7) is 1.28. The van der Waals surface area contributed by atoms with Crippen molar-refractivity contribution in [2.45, 2.75) is 57.8 Å². The van der Waals surface area contributed by atoms with Gasteiger partial charge in [-0.1, -0.05) is 25.7 Å². The Bertz CT molecular complexity index is 401. The minimum absolute atomic E-state index is 0.214. The molecule has 2 aliphatic carbocycles. The number of likely N-dealkylation sites (tertiary alicyclic amines) is 1. The van der Waals surface area contributed by atoms with E-state index in [1.807, 2.05) is 4.90 Å². The highest BCUT2D eigenvalue weighted by Crippen LogP contribution is 2.43. The lowest BCUT2D eigenvalue weighted by molar-refractivity contribution is -0.147. The van der Waals surface area contributed by atoms with Gasteiger partial charge in [-0.3, -0.25) is 9.59 Å². The van der Waals surface area contributed by atoms with Gasteiger partial charge in [0, 0.05) is 19.0 Å². The maximum atomic E-state index is 12.7.